The summed E-state index contributed by atoms with van der Waals surface area (Å²) in [6.45, 7) is 4.28. The molecule has 0 aromatic heterocycles. The number of benzene rings is 1. The number of nitro groups is 1. The summed E-state index contributed by atoms with van der Waals surface area (Å²) in [4.78, 5) is 10.3. The first-order valence-corrected chi connectivity index (χ1v) is 5.41. The summed E-state index contributed by atoms with van der Waals surface area (Å²) in [7, 11) is 0. The summed E-state index contributed by atoms with van der Waals surface area (Å²) in [5.74, 6) is 0. The van der Waals surface area contributed by atoms with Crippen LogP contribution < -0.4 is 10.6 Å². The van der Waals surface area contributed by atoms with Crippen molar-refractivity contribution in [3.05, 3.63) is 33.3 Å². The molecule has 0 aliphatic rings. The molecule has 0 spiro atoms. The van der Waals surface area contributed by atoms with Crippen molar-refractivity contribution in [1.29, 1.82) is 0 Å². The van der Waals surface area contributed by atoms with E-state index < -0.39 is 4.92 Å². The third kappa shape index (κ3) is 3.67. The highest BCUT2D eigenvalue weighted by molar-refractivity contribution is 6.30. The Morgan fingerprint density at radius 3 is 2.81 bits per heavy atom. The lowest BCUT2D eigenvalue weighted by Crippen LogP contribution is -2.21. The second kappa shape index (κ2) is 6.30. The molecule has 0 unspecified atom stereocenters. The van der Waals surface area contributed by atoms with Gasteiger partial charge in [0.05, 0.1) is 4.92 Å². The Balaban J connectivity index is 2.67. The highest BCUT2D eigenvalue weighted by atomic mass is 35.5. The largest absolute Gasteiger partial charge is 0.378 e. The monoisotopic (exact) mass is 243 g/mol. The average molecular weight is 244 g/mol. The van der Waals surface area contributed by atoms with Crippen molar-refractivity contribution >= 4 is 23.0 Å². The van der Waals surface area contributed by atoms with Gasteiger partial charge in [0.2, 0.25) is 0 Å². The van der Waals surface area contributed by atoms with Gasteiger partial charge >= 0.3 is 0 Å². The standard InChI is InChI=1S/C10H14ClN3O2/c1-2-12-5-6-13-9-4-3-8(11)7-10(9)14(15)16/h3-4,7,12-13H,2,5-6H2,1H3. The van der Waals surface area contributed by atoms with Gasteiger partial charge in [0.25, 0.3) is 5.69 Å². The van der Waals surface area contributed by atoms with Crippen LogP contribution in [-0.2, 0) is 0 Å². The van der Waals surface area contributed by atoms with E-state index in [0.29, 0.717) is 17.3 Å². The Morgan fingerprint density at radius 2 is 2.19 bits per heavy atom. The minimum atomic E-state index is -0.443. The first-order valence-electron chi connectivity index (χ1n) is 5.03. The Hall–Kier alpha value is -1.33. The molecule has 0 radical (unpaired) electrons. The highest BCUT2D eigenvalue weighted by Crippen LogP contribution is 2.27. The maximum absolute atomic E-state index is 10.8. The maximum atomic E-state index is 10.8. The van der Waals surface area contributed by atoms with Crippen LogP contribution in [-0.4, -0.2) is 24.6 Å². The number of nitro benzene ring substituents is 1. The molecular formula is C10H14ClN3O2. The molecule has 0 bridgehead atoms. The van der Waals surface area contributed by atoms with Crippen LogP contribution >= 0.6 is 11.6 Å². The molecule has 88 valence electrons. The number of halogens is 1. The molecule has 0 saturated heterocycles. The summed E-state index contributed by atoms with van der Waals surface area (Å²) >= 11 is 5.70. The van der Waals surface area contributed by atoms with Gasteiger partial charge in [-0.1, -0.05) is 18.5 Å². The van der Waals surface area contributed by atoms with Gasteiger partial charge in [-0.3, -0.25) is 10.1 Å². The summed E-state index contributed by atoms with van der Waals surface area (Å²) in [6.07, 6.45) is 0. The first kappa shape index (κ1) is 12.7. The number of rotatable bonds is 6. The molecule has 6 heteroatoms. The van der Waals surface area contributed by atoms with Gasteiger partial charge < -0.3 is 10.6 Å². The smallest absolute Gasteiger partial charge is 0.293 e. The second-order valence-electron chi connectivity index (χ2n) is 3.20. The molecular weight excluding hydrogens is 230 g/mol. The second-order valence-corrected chi connectivity index (χ2v) is 3.64. The topological polar surface area (TPSA) is 67.2 Å². The van der Waals surface area contributed by atoms with Crippen LogP contribution in [0, 0.1) is 10.1 Å². The minimum Gasteiger partial charge on any atom is -0.378 e. The number of hydrogen-bond acceptors (Lipinski definition) is 4. The summed E-state index contributed by atoms with van der Waals surface area (Å²) in [5, 5.41) is 17.2. The molecule has 2 N–H and O–H groups in total. The van der Waals surface area contributed by atoms with Crippen molar-refractivity contribution in [3.63, 3.8) is 0 Å². The molecule has 0 amide bonds. The third-order valence-electron chi connectivity index (χ3n) is 2.02. The van der Waals surface area contributed by atoms with Gasteiger partial charge in [0.15, 0.2) is 0 Å². The quantitative estimate of drug-likeness (QED) is 0.457. The predicted octanol–water partition coefficient (Wildman–Crippen LogP) is 2.27. The van der Waals surface area contributed by atoms with Crippen molar-refractivity contribution < 1.29 is 4.92 Å². The lowest BCUT2D eigenvalue weighted by molar-refractivity contribution is -0.383. The van der Waals surface area contributed by atoms with E-state index in [1.807, 2.05) is 6.92 Å². The zero-order valence-corrected chi connectivity index (χ0v) is 9.75. The highest BCUT2D eigenvalue weighted by Gasteiger charge is 2.13. The van der Waals surface area contributed by atoms with Crippen molar-refractivity contribution in [2.75, 3.05) is 25.0 Å². The van der Waals surface area contributed by atoms with Crippen molar-refractivity contribution in [1.82, 2.24) is 5.32 Å². The zero-order chi connectivity index (χ0) is 12.0. The summed E-state index contributed by atoms with van der Waals surface area (Å²) in [6, 6.07) is 4.59. The summed E-state index contributed by atoms with van der Waals surface area (Å²) < 4.78 is 0. The molecule has 0 heterocycles. The van der Waals surface area contributed by atoms with Crippen LogP contribution in [0.15, 0.2) is 18.2 Å². The fourth-order valence-electron chi connectivity index (χ4n) is 1.27. The van der Waals surface area contributed by atoms with E-state index in [1.165, 1.54) is 6.07 Å². The van der Waals surface area contributed by atoms with Gasteiger partial charge in [-0.05, 0) is 18.7 Å². The minimum absolute atomic E-state index is 0.00370. The Bertz CT molecular complexity index is 371. The maximum Gasteiger partial charge on any atom is 0.293 e. The molecule has 16 heavy (non-hydrogen) atoms. The Kier molecular flexibility index (Phi) is 5.01. The molecule has 0 atom stereocenters. The first-order chi connectivity index (χ1) is 7.65. The molecule has 1 aromatic rings. The number of nitrogens with zero attached hydrogens (tertiary/aromatic N) is 1. The fourth-order valence-corrected chi connectivity index (χ4v) is 1.43. The van der Waals surface area contributed by atoms with Crippen LogP contribution in [0.3, 0.4) is 0 Å². The van der Waals surface area contributed by atoms with E-state index in [9.17, 15) is 10.1 Å². The lowest BCUT2D eigenvalue weighted by Gasteiger charge is -2.07. The number of nitrogens with one attached hydrogen (secondary N) is 2. The fraction of sp³-hybridized carbons (Fsp3) is 0.400. The number of likely N-dealkylation sites (N-methyl/N-ethyl adjacent to an activating group) is 1. The van der Waals surface area contributed by atoms with E-state index in [1.54, 1.807) is 12.1 Å². The number of anilines is 1. The average Bonchev–Trinajstić information content (AvgIpc) is 2.26. The van der Waals surface area contributed by atoms with Crippen LogP contribution in [0.5, 0.6) is 0 Å². The molecule has 0 saturated carbocycles. The summed E-state index contributed by atoms with van der Waals surface area (Å²) in [5.41, 5.74) is 0.497. The van der Waals surface area contributed by atoms with Gasteiger partial charge in [-0.2, -0.15) is 0 Å². The van der Waals surface area contributed by atoms with Gasteiger partial charge in [0.1, 0.15) is 5.69 Å². The normalized spacial score (nSPS) is 10.1. The Labute approximate surface area is 98.9 Å². The molecule has 0 fully saturated rings. The number of hydrogen-bond donors (Lipinski definition) is 2. The van der Waals surface area contributed by atoms with E-state index in [-0.39, 0.29) is 5.69 Å². The van der Waals surface area contributed by atoms with E-state index in [2.05, 4.69) is 10.6 Å². The van der Waals surface area contributed by atoms with E-state index in [4.69, 9.17) is 11.6 Å². The predicted molar refractivity (Wildman–Crippen MR) is 65.1 cm³/mol. The van der Waals surface area contributed by atoms with E-state index in [0.717, 1.165) is 13.1 Å². The molecule has 0 aliphatic heterocycles. The van der Waals surface area contributed by atoms with Crippen LogP contribution in [0.25, 0.3) is 0 Å². The third-order valence-corrected chi connectivity index (χ3v) is 2.26. The van der Waals surface area contributed by atoms with Crippen molar-refractivity contribution in [3.8, 4) is 0 Å². The Morgan fingerprint density at radius 1 is 1.44 bits per heavy atom. The lowest BCUT2D eigenvalue weighted by atomic mass is 10.2. The molecule has 5 nitrogen and oxygen atoms in total. The van der Waals surface area contributed by atoms with Crippen molar-refractivity contribution in [2.45, 2.75) is 6.92 Å². The van der Waals surface area contributed by atoms with Crippen LogP contribution in [0.4, 0.5) is 11.4 Å². The van der Waals surface area contributed by atoms with Gasteiger partial charge in [-0.15, -0.1) is 0 Å². The van der Waals surface area contributed by atoms with Crippen LogP contribution in [0.1, 0.15) is 6.92 Å². The molecule has 0 aliphatic carbocycles. The molecule has 1 aromatic carbocycles. The van der Waals surface area contributed by atoms with Crippen molar-refractivity contribution in [2.24, 2.45) is 0 Å². The molecule has 1 rings (SSSR count). The zero-order valence-electron chi connectivity index (χ0n) is 9.00. The van der Waals surface area contributed by atoms with Gasteiger partial charge in [-0.25, -0.2) is 0 Å². The SMILES string of the molecule is CCNCCNc1ccc(Cl)cc1[N+](=O)[O-]. The van der Waals surface area contributed by atoms with E-state index >= 15 is 0 Å². The van der Waals surface area contributed by atoms with Gasteiger partial charge in [0, 0.05) is 24.2 Å². The van der Waals surface area contributed by atoms with Crippen LogP contribution in [0.2, 0.25) is 5.02 Å².